The quantitative estimate of drug-likeness (QED) is 0.172. The Kier molecular flexibility index (Phi) is 10.8. The van der Waals surface area contributed by atoms with Gasteiger partial charge in [-0.25, -0.2) is 0 Å². The molecule has 75 heavy (non-hydrogen) atoms. The van der Waals surface area contributed by atoms with Crippen LogP contribution in [0.4, 0.5) is 34.1 Å². The second-order valence-corrected chi connectivity index (χ2v) is 25.2. The zero-order valence-electron chi connectivity index (χ0n) is 44.9. The molecule has 4 heterocycles. The summed E-state index contributed by atoms with van der Waals surface area (Å²) in [6.07, 6.45) is 0. The van der Waals surface area contributed by atoms with Gasteiger partial charge >= 0.3 is 0 Å². The van der Waals surface area contributed by atoms with E-state index in [2.05, 4.69) is 255 Å². The summed E-state index contributed by atoms with van der Waals surface area (Å²) in [5.41, 5.74) is 22.8. The second-order valence-electron chi connectivity index (χ2n) is 24.2. The minimum atomic E-state index is -0.102. The average molecular weight is 997 g/mol. The number of anilines is 6. The Bertz CT molecular complexity index is 3820. The molecule has 9 aromatic carbocycles. The largest absolute Gasteiger partial charge is 0.486 e. The molecule has 3 aliphatic rings. The Morgan fingerprint density at radius 2 is 0.960 bits per heavy atom. The maximum Gasteiger partial charge on any atom is 0.185 e. The highest BCUT2D eigenvalue weighted by molar-refractivity contribution is 7.25. The van der Waals surface area contributed by atoms with Gasteiger partial charge in [0.25, 0.3) is 0 Å². The third-order valence-electron chi connectivity index (χ3n) is 15.9. The smallest absolute Gasteiger partial charge is 0.185 e. The lowest BCUT2D eigenvalue weighted by Gasteiger charge is -2.46. The summed E-state index contributed by atoms with van der Waals surface area (Å²) in [7, 11) is 0. The molecular weight excluding hydrogens is 933 g/mol. The molecule has 5 heteroatoms. The van der Waals surface area contributed by atoms with E-state index in [0.29, 0.717) is 13.2 Å². The van der Waals surface area contributed by atoms with Crippen LogP contribution in [0.25, 0.3) is 53.6 Å². The van der Waals surface area contributed by atoms with Gasteiger partial charge in [-0.15, -0.1) is 11.3 Å². The predicted octanol–water partition coefficient (Wildman–Crippen LogP) is 19.8. The minimum absolute atomic E-state index is 0.00535. The van der Waals surface area contributed by atoms with Crippen LogP contribution < -0.4 is 19.3 Å². The maximum atomic E-state index is 6.74. The second kappa shape index (κ2) is 17.2. The number of thiophene rings is 1. The fourth-order valence-corrected chi connectivity index (χ4v) is 13.0. The van der Waals surface area contributed by atoms with Crippen molar-refractivity contribution in [2.24, 2.45) is 0 Å². The molecular formula is C70H64N2O2S. The van der Waals surface area contributed by atoms with E-state index >= 15 is 0 Å². The number of fused-ring (bicyclic) bond motifs is 9. The number of ether oxygens (including phenoxy) is 2. The Labute approximate surface area is 446 Å². The summed E-state index contributed by atoms with van der Waals surface area (Å²) in [5, 5.41) is 2.61. The van der Waals surface area contributed by atoms with Gasteiger partial charge < -0.3 is 19.3 Å². The fourth-order valence-electron chi connectivity index (χ4n) is 11.9. The molecule has 0 saturated heterocycles. The van der Waals surface area contributed by atoms with Gasteiger partial charge in [0.2, 0.25) is 0 Å². The van der Waals surface area contributed by atoms with Gasteiger partial charge in [0.15, 0.2) is 11.5 Å². The van der Waals surface area contributed by atoms with Crippen molar-refractivity contribution in [1.29, 1.82) is 0 Å². The van der Waals surface area contributed by atoms with Gasteiger partial charge in [0.05, 0.1) is 22.7 Å². The van der Waals surface area contributed by atoms with E-state index in [0.717, 1.165) is 39.9 Å². The molecule has 0 N–H and O–H groups in total. The average Bonchev–Trinajstić information content (AvgIpc) is 3.86. The highest BCUT2D eigenvalue weighted by Crippen LogP contribution is 2.64. The molecule has 0 bridgehead atoms. The molecule has 4 nitrogen and oxygen atoms in total. The molecule has 0 amide bonds. The molecule has 0 aliphatic carbocycles. The van der Waals surface area contributed by atoms with Crippen molar-refractivity contribution < 1.29 is 9.47 Å². The Balaban J connectivity index is 1.09. The van der Waals surface area contributed by atoms with E-state index in [1.807, 2.05) is 11.3 Å². The molecule has 0 saturated carbocycles. The first kappa shape index (κ1) is 47.1. The first-order valence-electron chi connectivity index (χ1n) is 26.7. The molecule has 0 fully saturated rings. The lowest BCUT2D eigenvalue weighted by Crippen LogP contribution is -2.30. The summed E-state index contributed by atoms with van der Waals surface area (Å²) in [4.78, 5) is 5.05. The molecule has 1 aromatic heterocycles. The van der Waals surface area contributed by atoms with Gasteiger partial charge in [-0.1, -0.05) is 172 Å². The molecule has 372 valence electrons. The highest BCUT2D eigenvalue weighted by Gasteiger charge is 2.44. The van der Waals surface area contributed by atoms with Gasteiger partial charge in [-0.3, -0.25) is 0 Å². The lowest BCUT2D eigenvalue weighted by atomic mass is 9.74. The first-order chi connectivity index (χ1) is 36.0. The molecule has 13 rings (SSSR count). The van der Waals surface area contributed by atoms with Crippen LogP contribution in [0, 0.1) is 6.92 Å². The van der Waals surface area contributed by atoms with Crippen LogP contribution in [0.1, 0.15) is 107 Å². The van der Waals surface area contributed by atoms with Gasteiger partial charge in [0, 0.05) is 43.0 Å². The maximum absolute atomic E-state index is 6.74. The van der Waals surface area contributed by atoms with E-state index in [-0.39, 0.29) is 22.2 Å². The van der Waals surface area contributed by atoms with Crippen LogP contribution in [0.15, 0.2) is 176 Å². The summed E-state index contributed by atoms with van der Waals surface area (Å²) in [6.45, 7) is 23.8. The van der Waals surface area contributed by atoms with Crippen molar-refractivity contribution in [3.63, 3.8) is 0 Å². The number of hydrogen-bond acceptors (Lipinski definition) is 5. The van der Waals surface area contributed by atoms with Crippen LogP contribution in [0.2, 0.25) is 0 Å². The summed E-state index contributed by atoms with van der Waals surface area (Å²) in [5.74, 6) is 1.49. The van der Waals surface area contributed by atoms with Crippen LogP contribution in [0.5, 0.6) is 11.5 Å². The van der Waals surface area contributed by atoms with Crippen molar-refractivity contribution in [1.82, 2.24) is 0 Å². The van der Waals surface area contributed by atoms with Crippen molar-refractivity contribution in [2.75, 3.05) is 23.0 Å². The van der Waals surface area contributed by atoms with Crippen molar-refractivity contribution in [2.45, 2.75) is 91.4 Å². The van der Waals surface area contributed by atoms with Crippen molar-refractivity contribution in [3.05, 3.63) is 215 Å². The lowest BCUT2D eigenvalue weighted by molar-refractivity contribution is 0.172. The minimum Gasteiger partial charge on any atom is -0.486 e. The van der Waals surface area contributed by atoms with E-state index in [4.69, 9.17) is 9.47 Å². The molecule has 1 atom stereocenters. The van der Waals surface area contributed by atoms with Gasteiger partial charge in [-0.2, -0.15) is 0 Å². The Morgan fingerprint density at radius 1 is 0.427 bits per heavy atom. The zero-order valence-corrected chi connectivity index (χ0v) is 45.7. The van der Waals surface area contributed by atoms with E-state index in [1.54, 1.807) is 0 Å². The van der Waals surface area contributed by atoms with Crippen molar-refractivity contribution >= 4 is 65.6 Å². The van der Waals surface area contributed by atoms with Gasteiger partial charge in [0.1, 0.15) is 13.2 Å². The van der Waals surface area contributed by atoms with E-state index < -0.39 is 0 Å². The molecule has 3 aliphatic heterocycles. The Morgan fingerprint density at radius 3 is 1.60 bits per heavy atom. The highest BCUT2D eigenvalue weighted by atomic mass is 32.1. The standard InChI is InChI=1S/C70H64N2O2S/c1-42-35-59-65-60(36-42)72(52-27-25-51(26-28-52)70(8,9)10)66-57(31-32-61-67(66)74-34-33-73-61)64(65)56-30-20-45(46-19-29-55-54-13-11-12-14-62(54)75-63(55)41-46)40-58(56)71(59)53-38-47(43-15-21-49(22-16-43)68(2,3)4)37-48(39-53)44-17-23-50(24-18-44)69(5,6)7/h11-32,35-41,64H,33-34H2,1-10H3. The normalized spacial score (nSPS) is 15.0. The summed E-state index contributed by atoms with van der Waals surface area (Å²) in [6, 6.07) is 67.2. The SMILES string of the molecule is Cc1cc2c3c(c1)N(c1ccc(C(C)(C)C)cc1)c1c(ccc4c1OCCO4)C3c1ccc(-c3ccc4c(c3)sc3ccccc34)cc1N2c1cc(-c2ccc(C(C)(C)C)cc2)cc(-c2ccc(C(C)(C)C)cc2)c1. The third kappa shape index (κ3) is 8.01. The van der Waals surface area contributed by atoms with E-state index in [1.165, 1.54) is 98.2 Å². The molecule has 10 aromatic rings. The number of benzene rings is 9. The number of rotatable bonds is 5. The zero-order chi connectivity index (χ0) is 51.7. The topological polar surface area (TPSA) is 24.9 Å². The van der Waals surface area contributed by atoms with Crippen LogP contribution in [0.3, 0.4) is 0 Å². The predicted molar refractivity (Wildman–Crippen MR) is 318 cm³/mol. The summed E-state index contributed by atoms with van der Waals surface area (Å²) < 4.78 is 15.7. The third-order valence-corrected chi connectivity index (χ3v) is 17.1. The Hall–Kier alpha value is -7.60. The monoisotopic (exact) mass is 996 g/mol. The van der Waals surface area contributed by atoms with Crippen LogP contribution >= 0.6 is 11.3 Å². The van der Waals surface area contributed by atoms with Crippen LogP contribution in [-0.2, 0) is 16.2 Å². The molecule has 0 spiro atoms. The first-order valence-corrected chi connectivity index (χ1v) is 27.5. The summed E-state index contributed by atoms with van der Waals surface area (Å²) >= 11 is 1.87. The van der Waals surface area contributed by atoms with Crippen LogP contribution in [-0.4, -0.2) is 13.2 Å². The van der Waals surface area contributed by atoms with E-state index in [9.17, 15) is 0 Å². The number of hydrogen-bond donors (Lipinski definition) is 0. The molecule has 1 unspecified atom stereocenters. The molecule has 0 radical (unpaired) electrons. The van der Waals surface area contributed by atoms with Crippen molar-refractivity contribution in [3.8, 4) is 44.9 Å². The fraction of sp³-hybridized carbons (Fsp3) is 0.229. The number of aryl methyl sites for hydroxylation is 1. The van der Waals surface area contributed by atoms with Gasteiger partial charge in [-0.05, 0) is 157 Å². The number of nitrogens with zero attached hydrogens (tertiary/aromatic N) is 2.